The molecule has 1 aliphatic rings. The number of aromatic nitrogens is 3. The lowest BCUT2D eigenvalue weighted by molar-refractivity contribution is -0.115. The second-order valence-corrected chi connectivity index (χ2v) is 6.91. The molecule has 0 spiro atoms. The Morgan fingerprint density at radius 3 is 2.75 bits per heavy atom. The van der Waals surface area contributed by atoms with E-state index in [1.54, 1.807) is 24.3 Å². The summed E-state index contributed by atoms with van der Waals surface area (Å²) in [6.07, 6.45) is 3.89. The number of aryl methyl sites for hydroxylation is 1. The van der Waals surface area contributed by atoms with Crippen molar-refractivity contribution in [1.29, 1.82) is 0 Å². The quantitative estimate of drug-likeness (QED) is 0.738. The van der Waals surface area contributed by atoms with Crippen LogP contribution in [0.1, 0.15) is 30.7 Å². The lowest BCUT2D eigenvalue weighted by Crippen LogP contribution is -2.15. The molecule has 3 aromatic rings. The maximum absolute atomic E-state index is 14.5. The number of rotatable bonds is 4. The fourth-order valence-corrected chi connectivity index (χ4v) is 3.48. The van der Waals surface area contributed by atoms with Crippen molar-refractivity contribution < 1.29 is 13.6 Å². The van der Waals surface area contributed by atoms with Crippen molar-refractivity contribution in [2.24, 2.45) is 0 Å². The summed E-state index contributed by atoms with van der Waals surface area (Å²) in [5.41, 5.74) is 1.04. The predicted octanol–water partition coefficient (Wildman–Crippen LogP) is 4.13. The molecule has 0 saturated carbocycles. The molecular weight excluding hydrogens is 362 g/mol. The first kappa shape index (κ1) is 18.3. The summed E-state index contributed by atoms with van der Waals surface area (Å²) in [5.74, 6) is 0.110. The molecule has 2 heterocycles. The van der Waals surface area contributed by atoms with Crippen molar-refractivity contribution in [2.75, 3.05) is 5.32 Å². The van der Waals surface area contributed by atoms with E-state index in [4.69, 9.17) is 0 Å². The van der Waals surface area contributed by atoms with Gasteiger partial charge in [0.1, 0.15) is 17.5 Å². The molecule has 0 unspecified atom stereocenters. The van der Waals surface area contributed by atoms with E-state index in [0.717, 1.165) is 38.1 Å². The molecule has 28 heavy (non-hydrogen) atoms. The summed E-state index contributed by atoms with van der Waals surface area (Å²) in [5, 5.41) is 11.1. The van der Waals surface area contributed by atoms with E-state index in [-0.39, 0.29) is 12.3 Å². The molecule has 0 atom stereocenters. The van der Waals surface area contributed by atoms with Crippen LogP contribution in [-0.4, -0.2) is 20.7 Å². The Hall–Kier alpha value is -3.09. The third-order valence-electron chi connectivity index (χ3n) is 4.91. The number of fused-ring (bicyclic) bond motifs is 1. The van der Waals surface area contributed by atoms with Gasteiger partial charge in [-0.25, -0.2) is 8.78 Å². The Kier molecular flexibility index (Phi) is 5.14. The maximum atomic E-state index is 14.5. The first-order valence-electron chi connectivity index (χ1n) is 9.37. The van der Waals surface area contributed by atoms with E-state index in [1.807, 2.05) is 4.57 Å². The third kappa shape index (κ3) is 3.78. The molecule has 0 aliphatic carbocycles. The molecule has 4 rings (SSSR count). The fraction of sp³-hybridized carbons (Fsp3) is 0.286. The van der Waals surface area contributed by atoms with Crippen LogP contribution in [0.2, 0.25) is 0 Å². The SMILES string of the molecule is O=C(Cc1ccccc1F)Nc1ccc(F)c(-c2nnc3n2CCCCC3)c1. The number of nitrogens with zero attached hydrogens (tertiary/aromatic N) is 3. The van der Waals surface area contributed by atoms with Crippen LogP contribution in [0.15, 0.2) is 42.5 Å². The highest BCUT2D eigenvalue weighted by molar-refractivity contribution is 5.92. The van der Waals surface area contributed by atoms with Crippen LogP contribution in [0.3, 0.4) is 0 Å². The van der Waals surface area contributed by atoms with Crippen LogP contribution in [0.5, 0.6) is 0 Å². The zero-order valence-electron chi connectivity index (χ0n) is 15.3. The second kappa shape index (κ2) is 7.88. The molecule has 7 heteroatoms. The van der Waals surface area contributed by atoms with Crippen LogP contribution in [-0.2, 0) is 24.2 Å². The molecule has 1 amide bonds. The maximum Gasteiger partial charge on any atom is 0.228 e. The first-order valence-corrected chi connectivity index (χ1v) is 9.37. The van der Waals surface area contributed by atoms with Crippen molar-refractivity contribution in [2.45, 2.75) is 38.6 Å². The molecule has 1 N–H and O–H groups in total. The van der Waals surface area contributed by atoms with E-state index in [9.17, 15) is 13.6 Å². The van der Waals surface area contributed by atoms with Gasteiger partial charge in [0.25, 0.3) is 0 Å². The number of halogens is 2. The Balaban J connectivity index is 1.57. The lowest BCUT2D eigenvalue weighted by atomic mass is 10.1. The topological polar surface area (TPSA) is 59.8 Å². The number of carbonyl (C=O) groups is 1. The zero-order chi connectivity index (χ0) is 19.5. The molecule has 0 fully saturated rings. The number of benzene rings is 2. The summed E-state index contributed by atoms with van der Waals surface area (Å²) in [4.78, 5) is 12.3. The summed E-state index contributed by atoms with van der Waals surface area (Å²) in [6.45, 7) is 0.751. The molecule has 1 aliphatic heterocycles. The van der Waals surface area contributed by atoms with Gasteiger partial charge in [0.2, 0.25) is 5.91 Å². The Labute approximate surface area is 161 Å². The van der Waals surface area contributed by atoms with Gasteiger partial charge in [-0.3, -0.25) is 4.79 Å². The number of nitrogens with one attached hydrogen (secondary N) is 1. The van der Waals surface area contributed by atoms with E-state index in [2.05, 4.69) is 15.5 Å². The average molecular weight is 382 g/mol. The van der Waals surface area contributed by atoms with Gasteiger partial charge in [0.05, 0.1) is 12.0 Å². The minimum Gasteiger partial charge on any atom is -0.326 e. The van der Waals surface area contributed by atoms with Crippen molar-refractivity contribution in [3.63, 3.8) is 0 Å². The zero-order valence-corrected chi connectivity index (χ0v) is 15.3. The third-order valence-corrected chi connectivity index (χ3v) is 4.91. The molecule has 2 aromatic carbocycles. The van der Waals surface area contributed by atoms with E-state index in [0.29, 0.717) is 22.6 Å². The van der Waals surface area contributed by atoms with Gasteiger partial charge in [-0.1, -0.05) is 24.6 Å². The minimum absolute atomic E-state index is 0.0975. The molecule has 0 bridgehead atoms. The second-order valence-electron chi connectivity index (χ2n) is 6.91. The minimum atomic E-state index is -0.427. The van der Waals surface area contributed by atoms with Gasteiger partial charge in [0, 0.05) is 18.7 Å². The normalized spacial score (nSPS) is 13.6. The van der Waals surface area contributed by atoms with E-state index >= 15 is 0 Å². The van der Waals surface area contributed by atoms with Gasteiger partial charge < -0.3 is 9.88 Å². The van der Waals surface area contributed by atoms with Gasteiger partial charge in [0.15, 0.2) is 5.82 Å². The van der Waals surface area contributed by atoms with Crippen molar-refractivity contribution in [3.8, 4) is 11.4 Å². The molecular formula is C21H20F2N4O. The van der Waals surface area contributed by atoms with Gasteiger partial charge in [-0.05, 0) is 42.7 Å². The number of hydrogen-bond donors (Lipinski definition) is 1. The summed E-state index contributed by atoms with van der Waals surface area (Å²) >= 11 is 0. The largest absolute Gasteiger partial charge is 0.326 e. The van der Waals surface area contributed by atoms with Gasteiger partial charge in [-0.15, -0.1) is 10.2 Å². The van der Waals surface area contributed by atoms with Crippen LogP contribution < -0.4 is 5.32 Å². The van der Waals surface area contributed by atoms with Crippen LogP contribution >= 0.6 is 0 Å². The predicted molar refractivity (Wildman–Crippen MR) is 102 cm³/mol. The van der Waals surface area contributed by atoms with Crippen molar-refractivity contribution >= 4 is 11.6 Å². The highest BCUT2D eigenvalue weighted by Crippen LogP contribution is 2.27. The lowest BCUT2D eigenvalue weighted by Gasteiger charge is -2.11. The fourth-order valence-electron chi connectivity index (χ4n) is 3.48. The molecule has 144 valence electrons. The van der Waals surface area contributed by atoms with E-state index < -0.39 is 11.6 Å². The highest BCUT2D eigenvalue weighted by atomic mass is 19.1. The molecule has 5 nitrogen and oxygen atoms in total. The standard InChI is InChI=1S/C21H20F2N4O/c22-17-7-4-3-6-14(17)12-20(28)24-15-9-10-18(23)16(13-15)21-26-25-19-8-2-1-5-11-27(19)21/h3-4,6-7,9-10,13H,1-2,5,8,11-12H2,(H,24,28). The van der Waals surface area contributed by atoms with E-state index in [1.165, 1.54) is 18.2 Å². The Morgan fingerprint density at radius 2 is 1.89 bits per heavy atom. The van der Waals surface area contributed by atoms with Crippen molar-refractivity contribution in [1.82, 2.24) is 14.8 Å². The number of amides is 1. The summed E-state index contributed by atoms with van der Waals surface area (Å²) in [7, 11) is 0. The number of carbonyl (C=O) groups excluding carboxylic acids is 1. The molecule has 0 radical (unpaired) electrons. The highest BCUT2D eigenvalue weighted by Gasteiger charge is 2.19. The van der Waals surface area contributed by atoms with Crippen LogP contribution in [0, 0.1) is 11.6 Å². The summed E-state index contributed by atoms with van der Waals surface area (Å²) in [6, 6.07) is 10.5. The first-order chi connectivity index (χ1) is 13.6. The average Bonchev–Trinajstić information content (AvgIpc) is 2.93. The molecule has 1 aromatic heterocycles. The monoisotopic (exact) mass is 382 g/mol. The summed E-state index contributed by atoms with van der Waals surface area (Å²) < 4.78 is 30.2. The van der Waals surface area contributed by atoms with Crippen LogP contribution in [0.25, 0.3) is 11.4 Å². The smallest absolute Gasteiger partial charge is 0.228 e. The number of anilines is 1. The van der Waals surface area contributed by atoms with Gasteiger partial charge in [-0.2, -0.15) is 0 Å². The molecule has 0 saturated heterocycles. The Morgan fingerprint density at radius 1 is 1.04 bits per heavy atom. The van der Waals surface area contributed by atoms with Crippen LogP contribution in [0.4, 0.5) is 14.5 Å². The van der Waals surface area contributed by atoms with Crippen molar-refractivity contribution in [3.05, 3.63) is 65.5 Å². The van der Waals surface area contributed by atoms with Gasteiger partial charge >= 0.3 is 0 Å². The Bertz CT molecular complexity index is 1020. The number of hydrogen-bond acceptors (Lipinski definition) is 3.